The van der Waals surface area contributed by atoms with E-state index in [0.29, 0.717) is 0 Å². The molecule has 1 heterocycles. The van der Waals surface area contributed by atoms with Crippen LogP contribution < -0.4 is 11.3 Å². The summed E-state index contributed by atoms with van der Waals surface area (Å²) in [5, 5.41) is 3.17. The molecule has 8 heavy (non-hydrogen) atoms. The van der Waals surface area contributed by atoms with Gasteiger partial charge in [0.2, 0.25) is 5.82 Å². The van der Waals surface area contributed by atoms with E-state index in [1.807, 2.05) is 0 Å². The van der Waals surface area contributed by atoms with Crippen LogP contribution in [-0.4, -0.2) is 9.90 Å². The molecule has 0 aliphatic heterocycles. The van der Waals surface area contributed by atoms with Gasteiger partial charge in [0.1, 0.15) is 0 Å². The number of nitrogen functional groups attached to an aromatic ring is 1. The lowest BCUT2D eigenvalue weighted by Crippen LogP contribution is -2.12. The van der Waals surface area contributed by atoms with Crippen LogP contribution in [0.3, 0.4) is 0 Å². The molecule has 0 saturated carbocycles. The molecule has 0 fully saturated rings. The Bertz CT molecular complexity index is 212. The molecule has 0 bridgehead atoms. The number of aromatic nitrogens is 2. The van der Waals surface area contributed by atoms with Crippen LogP contribution in [0.5, 0.6) is 0 Å². The predicted molar refractivity (Wildman–Crippen MR) is 26.2 cm³/mol. The highest BCUT2D eigenvalue weighted by Crippen LogP contribution is 1.79. The van der Waals surface area contributed by atoms with Gasteiger partial charge in [-0.15, -0.1) is 4.74 Å². The van der Waals surface area contributed by atoms with Gasteiger partial charge in [0.05, 0.1) is 7.05 Å². The Labute approximate surface area is 44.6 Å². The Hall–Kier alpha value is -1.26. The molecule has 0 aliphatic carbocycles. The maximum absolute atomic E-state index is 10.5. The van der Waals surface area contributed by atoms with Crippen LogP contribution >= 0.6 is 0 Å². The normalized spacial score (nSPS) is 9.62. The van der Waals surface area contributed by atoms with Gasteiger partial charge in [0, 0.05) is 0 Å². The highest BCUT2D eigenvalue weighted by Gasteiger charge is 1.98. The molecule has 1 aromatic rings. The molecule has 0 amide bonds. The van der Waals surface area contributed by atoms with Gasteiger partial charge in [-0.2, -0.15) is 0 Å². The van der Waals surface area contributed by atoms with Crippen molar-refractivity contribution < 1.29 is 4.63 Å². The zero-order chi connectivity index (χ0) is 6.15. The average Bonchev–Trinajstić information content (AvgIpc) is 1.98. The Balaban J connectivity index is 3.42. The highest BCUT2D eigenvalue weighted by molar-refractivity contribution is 5.18. The van der Waals surface area contributed by atoms with Gasteiger partial charge in [-0.1, -0.05) is 0 Å². The molecule has 0 aromatic carbocycles. The van der Waals surface area contributed by atoms with Crippen molar-refractivity contribution in [3.05, 3.63) is 10.4 Å². The molecule has 0 saturated heterocycles. The second-order valence-electron chi connectivity index (χ2n) is 1.36. The molecule has 0 aliphatic rings. The monoisotopic (exact) mass is 115 g/mol. The molecule has 5 nitrogen and oxygen atoms in total. The first-order valence-electron chi connectivity index (χ1n) is 2.00. The molecule has 1 aromatic heterocycles. The summed E-state index contributed by atoms with van der Waals surface area (Å²) in [5.74, 6) is -0.104. The minimum absolute atomic E-state index is 0.104. The maximum Gasteiger partial charge on any atom is 0.326 e. The smallest absolute Gasteiger partial charge is 0.326 e. The van der Waals surface area contributed by atoms with Crippen LogP contribution in [0.15, 0.2) is 9.42 Å². The zero-order valence-electron chi connectivity index (χ0n) is 4.29. The SMILES string of the molecule is Cn1onc(N)c1=O. The second-order valence-corrected chi connectivity index (χ2v) is 1.36. The second kappa shape index (κ2) is 1.36. The number of hydrogen-bond donors (Lipinski definition) is 1. The largest absolute Gasteiger partial charge is 0.376 e. The van der Waals surface area contributed by atoms with E-state index < -0.39 is 5.56 Å². The van der Waals surface area contributed by atoms with E-state index in [-0.39, 0.29) is 5.82 Å². The standard InChI is InChI=1S/C3H5N3O2/c1-6-3(7)2(4)5-8-6/h1H3,(H2,4,5). The van der Waals surface area contributed by atoms with Gasteiger partial charge in [0.15, 0.2) is 0 Å². The number of anilines is 1. The Morgan fingerprint density at radius 1 is 1.88 bits per heavy atom. The zero-order valence-corrected chi connectivity index (χ0v) is 4.29. The lowest BCUT2D eigenvalue weighted by atomic mass is 10.8. The first kappa shape index (κ1) is 4.89. The summed E-state index contributed by atoms with van der Waals surface area (Å²) in [6.45, 7) is 0. The minimum Gasteiger partial charge on any atom is -0.376 e. The Kier molecular flexibility index (Phi) is 0.831. The molecule has 5 heteroatoms. The summed E-state index contributed by atoms with van der Waals surface area (Å²) in [6.07, 6.45) is 0. The molecular weight excluding hydrogens is 110 g/mol. The number of rotatable bonds is 0. The summed E-state index contributed by atoms with van der Waals surface area (Å²) in [6, 6.07) is 0. The van der Waals surface area contributed by atoms with Gasteiger partial charge >= 0.3 is 5.56 Å². The average molecular weight is 115 g/mol. The van der Waals surface area contributed by atoms with Crippen LogP contribution in [-0.2, 0) is 7.05 Å². The van der Waals surface area contributed by atoms with E-state index in [2.05, 4.69) is 9.79 Å². The third-order valence-corrected chi connectivity index (χ3v) is 0.767. The third kappa shape index (κ3) is 0.481. The summed E-state index contributed by atoms with van der Waals surface area (Å²) in [7, 11) is 1.44. The quantitative estimate of drug-likeness (QED) is 0.468. The van der Waals surface area contributed by atoms with Crippen molar-refractivity contribution in [2.75, 3.05) is 5.73 Å². The fourth-order valence-corrected chi connectivity index (χ4v) is 0.343. The molecule has 0 radical (unpaired) electrons. The fourth-order valence-electron chi connectivity index (χ4n) is 0.343. The predicted octanol–water partition coefficient (Wildman–Crippen LogP) is -1.04. The lowest BCUT2D eigenvalue weighted by molar-refractivity contribution is 0.216. The van der Waals surface area contributed by atoms with E-state index >= 15 is 0 Å². The van der Waals surface area contributed by atoms with Crippen molar-refractivity contribution in [1.82, 2.24) is 9.90 Å². The molecule has 44 valence electrons. The molecule has 2 N–H and O–H groups in total. The van der Waals surface area contributed by atoms with Crippen LogP contribution in [0.25, 0.3) is 0 Å². The van der Waals surface area contributed by atoms with Gasteiger partial charge in [0.25, 0.3) is 0 Å². The maximum atomic E-state index is 10.5. The Morgan fingerprint density at radius 3 is 2.62 bits per heavy atom. The van der Waals surface area contributed by atoms with Gasteiger partial charge in [-0.25, -0.2) is 0 Å². The van der Waals surface area contributed by atoms with Crippen LogP contribution in [0.4, 0.5) is 5.82 Å². The number of nitrogens with two attached hydrogens (primary N) is 1. The van der Waals surface area contributed by atoms with Crippen molar-refractivity contribution in [3.8, 4) is 0 Å². The number of aryl methyl sites for hydroxylation is 1. The number of hydrogen-bond acceptors (Lipinski definition) is 4. The molecule has 0 spiro atoms. The van der Waals surface area contributed by atoms with Crippen LogP contribution in [0.1, 0.15) is 0 Å². The summed E-state index contributed by atoms with van der Waals surface area (Å²) in [5.41, 5.74) is 4.60. The van der Waals surface area contributed by atoms with E-state index in [1.54, 1.807) is 0 Å². The first-order valence-corrected chi connectivity index (χ1v) is 2.00. The summed E-state index contributed by atoms with van der Waals surface area (Å²) < 4.78 is 5.28. The molecule has 0 atom stereocenters. The topological polar surface area (TPSA) is 74.1 Å². The van der Waals surface area contributed by atoms with Crippen molar-refractivity contribution in [1.29, 1.82) is 0 Å². The third-order valence-electron chi connectivity index (χ3n) is 0.767. The highest BCUT2D eigenvalue weighted by atomic mass is 16.6. The first-order chi connectivity index (χ1) is 3.72. The van der Waals surface area contributed by atoms with Crippen LogP contribution in [0, 0.1) is 0 Å². The van der Waals surface area contributed by atoms with Crippen molar-refractivity contribution in [3.63, 3.8) is 0 Å². The van der Waals surface area contributed by atoms with Crippen molar-refractivity contribution in [2.24, 2.45) is 7.05 Å². The van der Waals surface area contributed by atoms with E-state index in [4.69, 9.17) is 5.73 Å². The summed E-state index contributed by atoms with van der Waals surface area (Å²) in [4.78, 5) is 10.5. The van der Waals surface area contributed by atoms with E-state index in [9.17, 15) is 4.79 Å². The van der Waals surface area contributed by atoms with Crippen molar-refractivity contribution >= 4 is 5.82 Å². The number of nitrogens with zero attached hydrogens (tertiary/aromatic N) is 2. The molecule has 1 rings (SSSR count). The minimum atomic E-state index is -0.398. The van der Waals surface area contributed by atoms with Crippen molar-refractivity contribution in [2.45, 2.75) is 0 Å². The van der Waals surface area contributed by atoms with Crippen LogP contribution in [0.2, 0.25) is 0 Å². The van der Waals surface area contributed by atoms with Gasteiger partial charge in [-0.05, 0) is 5.16 Å². The van der Waals surface area contributed by atoms with E-state index in [0.717, 1.165) is 4.74 Å². The fraction of sp³-hybridized carbons (Fsp3) is 0.333. The molecular formula is C3H5N3O2. The van der Waals surface area contributed by atoms with Gasteiger partial charge in [-0.3, -0.25) is 9.42 Å². The van der Waals surface area contributed by atoms with E-state index in [1.165, 1.54) is 7.05 Å². The van der Waals surface area contributed by atoms with Gasteiger partial charge < -0.3 is 5.73 Å². The lowest BCUT2D eigenvalue weighted by Gasteiger charge is -1.73. The molecule has 0 unspecified atom stereocenters. The summed E-state index contributed by atoms with van der Waals surface area (Å²) >= 11 is 0. The Morgan fingerprint density at radius 2 is 2.50 bits per heavy atom.